The van der Waals surface area contributed by atoms with Gasteiger partial charge < -0.3 is 23.7 Å². The molecular weight excluding hydrogens is 500 g/mol. The van der Waals surface area contributed by atoms with Crippen molar-refractivity contribution < 1.29 is 33.3 Å². The number of oxazole rings is 1. The first-order valence-corrected chi connectivity index (χ1v) is 12.4. The molecule has 9 nitrogen and oxygen atoms in total. The quantitative estimate of drug-likeness (QED) is 0.261. The third-order valence-corrected chi connectivity index (χ3v) is 6.12. The average Bonchev–Trinajstić information content (AvgIpc) is 3.33. The normalized spacial score (nSPS) is 11.5. The highest BCUT2D eigenvalue weighted by Crippen LogP contribution is 2.23. The second-order valence-electron chi connectivity index (χ2n) is 8.82. The highest BCUT2D eigenvalue weighted by atomic mass is 16.6. The van der Waals surface area contributed by atoms with Crippen LogP contribution < -0.4 is 14.2 Å². The number of hydrogen-bond donors (Lipinski definition) is 1. The summed E-state index contributed by atoms with van der Waals surface area (Å²) in [5.74, 6) is 1.73. The first kappa shape index (κ1) is 27.3. The Kier molecular flexibility index (Phi) is 8.83. The van der Waals surface area contributed by atoms with Crippen molar-refractivity contribution >= 4 is 12.1 Å². The number of aromatic nitrogens is 1. The predicted molar refractivity (Wildman–Crippen MR) is 144 cm³/mol. The number of benzene rings is 3. The predicted octanol–water partition coefficient (Wildman–Crippen LogP) is 5.75. The molecule has 39 heavy (non-hydrogen) atoms. The van der Waals surface area contributed by atoms with Crippen LogP contribution in [-0.4, -0.2) is 46.8 Å². The van der Waals surface area contributed by atoms with Gasteiger partial charge in [-0.3, -0.25) is 4.90 Å². The average molecular weight is 531 g/mol. The van der Waals surface area contributed by atoms with Gasteiger partial charge in [0.1, 0.15) is 29.1 Å². The van der Waals surface area contributed by atoms with Crippen LogP contribution in [0.5, 0.6) is 17.2 Å². The topological polar surface area (TPSA) is 111 Å². The molecule has 1 aromatic heterocycles. The van der Waals surface area contributed by atoms with E-state index in [9.17, 15) is 14.7 Å². The third-order valence-electron chi connectivity index (χ3n) is 6.12. The van der Waals surface area contributed by atoms with E-state index < -0.39 is 18.1 Å². The Labute approximate surface area is 226 Å². The zero-order valence-corrected chi connectivity index (χ0v) is 22.0. The third kappa shape index (κ3) is 7.16. The van der Waals surface area contributed by atoms with Gasteiger partial charge in [-0.15, -0.1) is 0 Å². The fraction of sp³-hybridized carbons (Fsp3) is 0.233. The van der Waals surface area contributed by atoms with Crippen LogP contribution in [0.3, 0.4) is 0 Å². The Bertz CT molecular complexity index is 1380. The highest BCUT2D eigenvalue weighted by Gasteiger charge is 2.27. The molecule has 3 aromatic carbocycles. The number of hydrogen-bond acceptors (Lipinski definition) is 7. The van der Waals surface area contributed by atoms with E-state index in [2.05, 4.69) is 4.98 Å². The maximum absolute atomic E-state index is 12.9. The lowest BCUT2D eigenvalue weighted by Gasteiger charge is -2.25. The number of carbonyl (C=O) groups is 2. The minimum Gasteiger partial charge on any atom is -0.497 e. The highest BCUT2D eigenvalue weighted by molar-refractivity contribution is 5.80. The van der Waals surface area contributed by atoms with E-state index in [0.717, 1.165) is 27.5 Å². The van der Waals surface area contributed by atoms with Gasteiger partial charge in [0.05, 0.1) is 19.4 Å². The Hall–Kier alpha value is -4.79. The molecule has 0 radical (unpaired) electrons. The summed E-state index contributed by atoms with van der Waals surface area (Å²) in [6, 6.07) is 22.2. The van der Waals surface area contributed by atoms with Gasteiger partial charge in [0.2, 0.25) is 5.89 Å². The van der Waals surface area contributed by atoms with E-state index in [0.29, 0.717) is 30.4 Å². The number of aryl methyl sites for hydroxylation is 1. The zero-order chi connectivity index (χ0) is 27.8. The first-order chi connectivity index (χ1) is 18.8. The van der Waals surface area contributed by atoms with Crippen LogP contribution >= 0.6 is 0 Å². The van der Waals surface area contributed by atoms with E-state index in [1.54, 1.807) is 48.5 Å². The Morgan fingerprint density at radius 1 is 0.949 bits per heavy atom. The van der Waals surface area contributed by atoms with Gasteiger partial charge in [-0.2, -0.15) is 0 Å². The molecule has 0 aliphatic carbocycles. The molecule has 4 aromatic rings. The van der Waals surface area contributed by atoms with Crippen molar-refractivity contribution in [3.8, 4) is 28.7 Å². The van der Waals surface area contributed by atoms with Gasteiger partial charge in [0.15, 0.2) is 0 Å². The number of nitrogens with zero attached hydrogens (tertiary/aromatic N) is 2. The number of amides is 1. The molecule has 0 spiro atoms. The van der Waals surface area contributed by atoms with Crippen molar-refractivity contribution in [1.82, 2.24) is 9.88 Å². The number of carboxylic acid groups (broad SMARTS) is 1. The fourth-order valence-electron chi connectivity index (χ4n) is 3.81. The monoisotopic (exact) mass is 530 g/mol. The Morgan fingerprint density at radius 3 is 2.23 bits per heavy atom. The molecule has 202 valence electrons. The van der Waals surface area contributed by atoms with E-state index in [1.807, 2.05) is 37.3 Å². The minimum atomic E-state index is -1.14. The van der Waals surface area contributed by atoms with Gasteiger partial charge >= 0.3 is 12.1 Å². The van der Waals surface area contributed by atoms with Crippen LogP contribution in [0.15, 0.2) is 83.3 Å². The second kappa shape index (κ2) is 12.6. The van der Waals surface area contributed by atoms with Gasteiger partial charge in [0, 0.05) is 18.5 Å². The smallest absolute Gasteiger partial charge is 0.416 e. The van der Waals surface area contributed by atoms with E-state index in [4.69, 9.17) is 18.6 Å². The van der Waals surface area contributed by atoms with Crippen molar-refractivity contribution in [2.75, 3.05) is 13.7 Å². The van der Waals surface area contributed by atoms with E-state index in [-0.39, 0.29) is 12.3 Å². The van der Waals surface area contributed by atoms with Gasteiger partial charge in [0.25, 0.3) is 0 Å². The van der Waals surface area contributed by atoms with Crippen LogP contribution in [0, 0.1) is 6.92 Å². The summed E-state index contributed by atoms with van der Waals surface area (Å²) in [7, 11) is 1.53. The molecule has 0 aliphatic heterocycles. The summed E-state index contributed by atoms with van der Waals surface area (Å²) in [5.41, 5.74) is 2.48. The summed E-state index contributed by atoms with van der Waals surface area (Å²) in [6.45, 7) is 3.76. The molecule has 0 saturated heterocycles. The van der Waals surface area contributed by atoms with Gasteiger partial charge in [-0.1, -0.05) is 30.3 Å². The molecule has 1 heterocycles. The maximum atomic E-state index is 12.9. The van der Waals surface area contributed by atoms with Gasteiger partial charge in [-0.05, 0) is 67.9 Å². The van der Waals surface area contributed by atoms with Crippen molar-refractivity contribution in [1.29, 1.82) is 0 Å². The first-order valence-electron chi connectivity index (χ1n) is 12.4. The largest absolute Gasteiger partial charge is 0.497 e. The molecule has 0 saturated carbocycles. The molecule has 1 amide bonds. The number of ether oxygens (including phenoxy) is 3. The molecule has 0 bridgehead atoms. The summed E-state index contributed by atoms with van der Waals surface area (Å²) >= 11 is 0. The molecule has 0 unspecified atom stereocenters. The number of carboxylic acids is 1. The lowest BCUT2D eigenvalue weighted by Crippen LogP contribution is -2.44. The van der Waals surface area contributed by atoms with Crippen LogP contribution in [0.1, 0.15) is 23.9 Å². The van der Waals surface area contributed by atoms with Gasteiger partial charge in [-0.25, -0.2) is 14.6 Å². The van der Waals surface area contributed by atoms with E-state index >= 15 is 0 Å². The molecule has 9 heteroatoms. The van der Waals surface area contributed by atoms with Crippen LogP contribution in [0.4, 0.5) is 4.79 Å². The summed E-state index contributed by atoms with van der Waals surface area (Å²) in [6.07, 6.45) is -0.196. The SMILES string of the molecule is COc1ccc(OC(=O)N(Cc2ccc(OCCc3nc(-c4ccccc4)oc3C)cc2)[C@@H](C)C(=O)O)cc1. The molecular formula is C30H30N2O7. The summed E-state index contributed by atoms with van der Waals surface area (Å²) in [5, 5.41) is 9.54. The lowest BCUT2D eigenvalue weighted by molar-refractivity contribution is -0.142. The van der Waals surface area contributed by atoms with Crippen molar-refractivity contribution in [2.45, 2.75) is 32.9 Å². The minimum absolute atomic E-state index is 0.0448. The number of methoxy groups -OCH3 is 1. The van der Waals surface area contributed by atoms with Crippen LogP contribution in [0.2, 0.25) is 0 Å². The summed E-state index contributed by atoms with van der Waals surface area (Å²) < 4.78 is 22.2. The molecule has 4 rings (SSSR count). The van der Waals surface area contributed by atoms with Crippen molar-refractivity contribution in [2.24, 2.45) is 0 Å². The number of aliphatic carboxylic acids is 1. The fourth-order valence-corrected chi connectivity index (χ4v) is 3.81. The standard InChI is InChI=1S/C30H30N2O7/c1-20(29(33)34)32(30(35)39-26-15-13-24(36-3)14-16-26)19-22-9-11-25(12-10-22)37-18-17-27-21(2)38-28(31-27)23-7-5-4-6-8-23/h4-16,20H,17-19H2,1-3H3,(H,33,34)/t20-/m0/s1. The van der Waals surface area contributed by atoms with Crippen LogP contribution in [0.25, 0.3) is 11.5 Å². The molecule has 1 N–H and O–H groups in total. The number of carbonyl (C=O) groups excluding carboxylic acids is 1. The Balaban J connectivity index is 1.35. The Morgan fingerprint density at radius 2 is 1.59 bits per heavy atom. The van der Waals surface area contributed by atoms with Crippen molar-refractivity contribution in [3.05, 3.63) is 95.9 Å². The zero-order valence-electron chi connectivity index (χ0n) is 22.0. The van der Waals surface area contributed by atoms with Crippen LogP contribution in [-0.2, 0) is 17.8 Å². The lowest BCUT2D eigenvalue weighted by atomic mass is 10.2. The molecule has 1 atom stereocenters. The van der Waals surface area contributed by atoms with E-state index in [1.165, 1.54) is 14.0 Å². The molecule has 0 aliphatic rings. The molecule has 0 fully saturated rings. The number of rotatable bonds is 11. The maximum Gasteiger partial charge on any atom is 0.416 e. The second-order valence-corrected chi connectivity index (χ2v) is 8.82. The summed E-state index contributed by atoms with van der Waals surface area (Å²) in [4.78, 5) is 30.3. The van der Waals surface area contributed by atoms with Crippen molar-refractivity contribution in [3.63, 3.8) is 0 Å².